The van der Waals surface area contributed by atoms with E-state index in [0.717, 1.165) is 12.1 Å². The van der Waals surface area contributed by atoms with Crippen molar-refractivity contribution in [3.8, 4) is 5.75 Å². The third kappa shape index (κ3) is 2.83. The maximum atomic E-state index is 13.6. The molecule has 18 heavy (non-hydrogen) atoms. The highest BCUT2D eigenvalue weighted by molar-refractivity contribution is 5.49. The molecule has 0 unspecified atom stereocenters. The molecule has 0 spiro atoms. The Morgan fingerprint density at radius 2 is 2.17 bits per heavy atom. The first-order valence-corrected chi connectivity index (χ1v) is 5.95. The van der Waals surface area contributed by atoms with E-state index in [-0.39, 0.29) is 5.82 Å². The molecule has 3 nitrogen and oxygen atoms in total. The zero-order chi connectivity index (χ0) is 13.0. The topological polar surface area (TPSA) is 26.2 Å². The minimum absolute atomic E-state index is 0.272. The van der Waals surface area contributed by atoms with Gasteiger partial charge in [0.2, 0.25) is 0 Å². The number of ether oxygens (including phenoxy) is 1. The number of anilines is 1. The number of methoxy groups -OCH3 is 1. The summed E-state index contributed by atoms with van der Waals surface area (Å²) in [7, 11) is 1.57. The number of benzene rings is 1. The van der Waals surface area contributed by atoms with Crippen molar-refractivity contribution in [2.75, 3.05) is 12.4 Å². The maximum Gasteiger partial charge on any atom is 0.146 e. The first kappa shape index (κ1) is 12.5. The normalized spacial score (nSPS) is 10.4. The first-order chi connectivity index (χ1) is 8.72. The Hall–Kier alpha value is -1.97. The Kier molecular flexibility index (Phi) is 3.87. The van der Waals surface area contributed by atoms with E-state index < -0.39 is 0 Å². The molecule has 0 amide bonds. The van der Waals surface area contributed by atoms with E-state index in [9.17, 15) is 4.39 Å². The molecular weight excluding hydrogens is 231 g/mol. The number of aromatic nitrogens is 1. The Balaban J connectivity index is 2.05. The fourth-order valence-corrected chi connectivity index (χ4v) is 1.76. The second-order valence-electron chi connectivity index (χ2n) is 4.05. The number of hydrogen-bond acceptors (Lipinski definition) is 2. The van der Waals surface area contributed by atoms with E-state index in [1.54, 1.807) is 19.2 Å². The molecule has 4 heteroatoms. The molecule has 0 radical (unpaired) electrons. The fraction of sp³-hybridized carbons (Fsp3) is 0.286. The molecular formula is C14H17FN2O. The van der Waals surface area contributed by atoms with Crippen LogP contribution >= 0.6 is 0 Å². The highest BCUT2D eigenvalue weighted by Gasteiger charge is 2.04. The molecule has 0 saturated carbocycles. The monoisotopic (exact) mass is 248 g/mol. The van der Waals surface area contributed by atoms with Gasteiger partial charge in [0.05, 0.1) is 12.8 Å². The molecule has 1 aromatic carbocycles. The van der Waals surface area contributed by atoms with Crippen molar-refractivity contribution in [2.24, 2.45) is 0 Å². The van der Waals surface area contributed by atoms with Crippen LogP contribution in [-0.4, -0.2) is 11.7 Å². The van der Waals surface area contributed by atoms with Gasteiger partial charge in [-0.3, -0.25) is 0 Å². The zero-order valence-corrected chi connectivity index (χ0v) is 10.6. The van der Waals surface area contributed by atoms with Crippen LogP contribution in [0.3, 0.4) is 0 Å². The fourth-order valence-electron chi connectivity index (χ4n) is 1.76. The van der Waals surface area contributed by atoms with Crippen LogP contribution < -0.4 is 10.1 Å². The summed E-state index contributed by atoms with van der Waals surface area (Å²) >= 11 is 0. The summed E-state index contributed by atoms with van der Waals surface area (Å²) in [6.07, 6.45) is 4.06. The summed E-state index contributed by atoms with van der Waals surface area (Å²) in [5.74, 6) is 0.371. The lowest BCUT2D eigenvalue weighted by molar-refractivity contribution is 0.414. The van der Waals surface area contributed by atoms with E-state index in [1.165, 1.54) is 6.07 Å². The third-order valence-corrected chi connectivity index (χ3v) is 2.83. The Labute approximate surface area is 106 Å². The van der Waals surface area contributed by atoms with Gasteiger partial charge in [0.15, 0.2) is 0 Å². The molecule has 0 aliphatic carbocycles. The first-order valence-electron chi connectivity index (χ1n) is 5.95. The maximum absolute atomic E-state index is 13.6. The molecule has 0 bridgehead atoms. The molecule has 1 aromatic heterocycles. The quantitative estimate of drug-likeness (QED) is 0.879. The van der Waals surface area contributed by atoms with Gasteiger partial charge < -0.3 is 14.6 Å². The lowest BCUT2D eigenvalue weighted by Gasteiger charge is -2.08. The predicted octanol–water partition coefficient (Wildman–Crippen LogP) is 3.27. The molecule has 0 fully saturated rings. The predicted molar refractivity (Wildman–Crippen MR) is 70.4 cm³/mol. The van der Waals surface area contributed by atoms with Crippen LogP contribution in [0.5, 0.6) is 5.75 Å². The number of nitrogens with zero attached hydrogens (tertiary/aromatic N) is 1. The molecule has 0 aliphatic heterocycles. The van der Waals surface area contributed by atoms with Gasteiger partial charge in [0.1, 0.15) is 11.6 Å². The Morgan fingerprint density at radius 1 is 1.33 bits per heavy atom. The molecule has 0 atom stereocenters. The number of hydrogen-bond donors (Lipinski definition) is 1. The standard InChI is InChI=1S/C14H17FN2O/c1-3-17-7-6-11(10-17)9-16-14-8-12(18-2)4-5-13(14)15/h4-8,10,16H,3,9H2,1-2H3. The summed E-state index contributed by atoms with van der Waals surface area (Å²) in [6.45, 7) is 3.61. The van der Waals surface area contributed by atoms with Crippen molar-refractivity contribution in [3.05, 3.63) is 48.0 Å². The summed E-state index contributed by atoms with van der Waals surface area (Å²) in [5, 5.41) is 3.07. The van der Waals surface area contributed by atoms with Crippen LogP contribution in [0, 0.1) is 5.82 Å². The third-order valence-electron chi connectivity index (χ3n) is 2.83. The Bertz CT molecular complexity index is 522. The molecule has 2 rings (SSSR count). The zero-order valence-electron chi connectivity index (χ0n) is 10.6. The summed E-state index contributed by atoms with van der Waals surface area (Å²) in [5.41, 5.74) is 1.58. The number of rotatable bonds is 5. The van der Waals surface area contributed by atoms with Gasteiger partial charge >= 0.3 is 0 Å². The van der Waals surface area contributed by atoms with Crippen molar-refractivity contribution in [3.63, 3.8) is 0 Å². The number of aryl methyl sites for hydroxylation is 1. The summed E-state index contributed by atoms with van der Waals surface area (Å²) < 4.78 is 20.7. The minimum Gasteiger partial charge on any atom is -0.497 e. The second-order valence-corrected chi connectivity index (χ2v) is 4.05. The molecule has 1 N–H and O–H groups in total. The van der Waals surface area contributed by atoms with Gasteiger partial charge in [0, 0.05) is 31.5 Å². The lowest BCUT2D eigenvalue weighted by atomic mass is 10.2. The van der Waals surface area contributed by atoms with Gasteiger partial charge in [-0.1, -0.05) is 0 Å². The number of nitrogens with one attached hydrogen (secondary N) is 1. The molecule has 96 valence electrons. The van der Waals surface area contributed by atoms with Crippen LogP contribution in [0.25, 0.3) is 0 Å². The molecule has 0 aliphatic rings. The van der Waals surface area contributed by atoms with E-state index >= 15 is 0 Å². The van der Waals surface area contributed by atoms with Crippen molar-refractivity contribution in [2.45, 2.75) is 20.0 Å². The second kappa shape index (κ2) is 5.58. The van der Waals surface area contributed by atoms with Crippen LogP contribution in [0.2, 0.25) is 0 Å². The SMILES string of the molecule is CCn1ccc(CNc2cc(OC)ccc2F)c1. The molecule has 1 heterocycles. The minimum atomic E-state index is -0.272. The lowest BCUT2D eigenvalue weighted by Crippen LogP contribution is -2.01. The largest absolute Gasteiger partial charge is 0.497 e. The van der Waals surface area contributed by atoms with Crippen LogP contribution in [-0.2, 0) is 13.1 Å². The van der Waals surface area contributed by atoms with Crippen molar-refractivity contribution in [1.82, 2.24) is 4.57 Å². The van der Waals surface area contributed by atoms with Gasteiger partial charge in [0.25, 0.3) is 0 Å². The average molecular weight is 248 g/mol. The van der Waals surface area contributed by atoms with Crippen molar-refractivity contribution >= 4 is 5.69 Å². The van der Waals surface area contributed by atoms with Gasteiger partial charge in [-0.2, -0.15) is 0 Å². The number of halogens is 1. The van der Waals surface area contributed by atoms with Crippen molar-refractivity contribution in [1.29, 1.82) is 0 Å². The van der Waals surface area contributed by atoms with E-state index in [1.807, 2.05) is 18.5 Å². The average Bonchev–Trinajstić information content (AvgIpc) is 2.86. The smallest absolute Gasteiger partial charge is 0.146 e. The van der Waals surface area contributed by atoms with Gasteiger partial charge in [-0.05, 0) is 30.7 Å². The van der Waals surface area contributed by atoms with Crippen LogP contribution in [0.4, 0.5) is 10.1 Å². The molecule has 2 aromatic rings. The van der Waals surface area contributed by atoms with Crippen molar-refractivity contribution < 1.29 is 9.13 Å². The van der Waals surface area contributed by atoms with E-state index in [0.29, 0.717) is 18.0 Å². The van der Waals surface area contributed by atoms with E-state index in [2.05, 4.69) is 16.8 Å². The summed E-state index contributed by atoms with van der Waals surface area (Å²) in [6, 6.07) is 6.69. The van der Waals surface area contributed by atoms with Gasteiger partial charge in [-0.25, -0.2) is 4.39 Å². The molecule has 0 saturated heterocycles. The Morgan fingerprint density at radius 3 is 2.83 bits per heavy atom. The highest BCUT2D eigenvalue weighted by Crippen LogP contribution is 2.21. The summed E-state index contributed by atoms with van der Waals surface area (Å²) in [4.78, 5) is 0. The van der Waals surface area contributed by atoms with Crippen LogP contribution in [0.1, 0.15) is 12.5 Å². The van der Waals surface area contributed by atoms with E-state index in [4.69, 9.17) is 4.74 Å². The van der Waals surface area contributed by atoms with Gasteiger partial charge in [-0.15, -0.1) is 0 Å². The van der Waals surface area contributed by atoms with Crippen LogP contribution in [0.15, 0.2) is 36.7 Å². The highest BCUT2D eigenvalue weighted by atomic mass is 19.1.